The Morgan fingerprint density at radius 2 is 2.25 bits per heavy atom. The molecule has 3 heterocycles. The number of anilines is 2. The number of hydrogen-bond acceptors (Lipinski definition) is 6. The lowest BCUT2D eigenvalue weighted by Crippen LogP contribution is -2.19. The maximum atomic E-state index is 4.67. The van der Waals surface area contributed by atoms with Crippen LogP contribution >= 0.6 is 23.1 Å². The summed E-state index contributed by atoms with van der Waals surface area (Å²) in [4.78, 5) is 11.7. The fourth-order valence-corrected chi connectivity index (χ4v) is 4.45. The molecule has 1 saturated heterocycles. The Hall–Kier alpha value is -1.01. The highest BCUT2D eigenvalue weighted by atomic mass is 32.2. The van der Waals surface area contributed by atoms with E-state index in [2.05, 4.69) is 40.5 Å². The third kappa shape index (κ3) is 2.86. The van der Waals surface area contributed by atoms with Gasteiger partial charge in [0.1, 0.15) is 10.6 Å². The summed E-state index contributed by atoms with van der Waals surface area (Å²) in [5.41, 5.74) is 0. The average Bonchev–Trinajstić information content (AvgIpc) is 3.07. The van der Waals surface area contributed by atoms with Gasteiger partial charge in [0.15, 0.2) is 0 Å². The van der Waals surface area contributed by atoms with Crippen molar-refractivity contribution in [3.8, 4) is 0 Å². The van der Waals surface area contributed by atoms with Gasteiger partial charge in [-0.15, -0.1) is 11.3 Å². The zero-order valence-electron chi connectivity index (χ0n) is 11.9. The molecular weight excluding hydrogens is 288 g/mol. The van der Waals surface area contributed by atoms with Crippen molar-refractivity contribution in [1.82, 2.24) is 9.97 Å². The molecule has 1 atom stereocenters. The quantitative estimate of drug-likeness (QED) is 0.884. The van der Waals surface area contributed by atoms with E-state index in [-0.39, 0.29) is 0 Å². The monoisotopic (exact) mass is 308 g/mol. The van der Waals surface area contributed by atoms with Gasteiger partial charge in [-0.1, -0.05) is 6.92 Å². The summed E-state index contributed by atoms with van der Waals surface area (Å²) in [6.07, 6.45) is 2.27. The smallest absolute Gasteiger partial charge is 0.226 e. The highest BCUT2D eigenvalue weighted by molar-refractivity contribution is 7.99. The highest BCUT2D eigenvalue weighted by Crippen LogP contribution is 2.32. The molecule has 2 aromatic heterocycles. The Morgan fingerprint density at radius 3 is 2.95 bits per heavy atom. The first-order valence-electron chi connectivity index (χ1n) is 7.18. The molecule has 3 rings (SSSR count). The van der Waals surface area contributed by atoms with E-state index in [1.54, 1.807) is 11.3 Å². The molecule has 1 aliphatic heterocycles. The van der Waals surface area contributed by atoms with Gasteiger partial charge in [0.05, 0.1) is 5.39 Å². The molecule has 2 aromatic rings. The Balaban J connectivity index is 1.98. The number of nitrogens with one attached hydrogen (secondary N) is 2. The minimum absolute atomic E-state index is 0.539. The Morgan fingerprint density at radius 1 is 1.35 bits per heavy atom. The second-order valence-electron chi connectivity index (χ2n) is 4.92. The lowest BCUT2D eigenvalue weighted by molar-refractivity contribution is 0.808. The van der Waals surface area contributed by atoms with Crippen LogP contribution in [0.4, 0.5) is 11.8 Å². The van der Waals surface area contributed by atoms with Crippen molar-refractivity contribution in [2.45, 2.75) is 32.7 Å². The second kappa shape index (κ2) is 6.18. The van der Waals surface area contributed by atoms with Crippen LogP contribution in [0.15, 0.2) is 6.07 Å². The zero-order chi connectivity index (χ0) is 13.9. The van der Waals surface area contributed by atoms with Crippen molar-refractivity contribution in [2.75, 3.05) is 28.7 Å². The van der Waals surface area contributed by atoms with Crippen LogP contribution < -0.4 is 10.6 Å². The average molecular weight is 308 g/mol. The van der Waals surface area contributed by atoms with E-state index in [4.69, 9.17) is 0 Å². The minimum atomic E-state index is 0.539. The van der Waals surface area contributed by atoms with Crippen LogP contribution in [0.2, 0.25) is 0 Å². The first-order chi connectivity index (χ1) is 9.80. The number of thioether (sulfide) groups is 1. The lowest BCUT2D eigenvalue weighted by Gasteiger charge is -2.13. The van der Waals surface area contributed by atoms with Crippen molar-refractivity contribution >= 4 is 45.1 Å². The second-order valence-corrected chi connectivity index (χ2v) is 7.18. The molecule has 1 fully saturated rings. The van der Waals surface area contributed by atoms with Crippen LogP contribution in [-0.4, -0.2) is 34.1 Å². The molecule has 0 bridgehead atoms. The molecule has 0 amide bonds. The van der Waals surface area contributed by atoms with Gasteiger partial charge in [-0.05, 0) is 31.6 Å². The van der Waals surface area contributed by atoms with Gasteiger partial charge in [0, 0.05) is 23.2 Å². The fraction of sp³-hybridized carbons (Fsp3) is 0.571. The molecule has 20 heavy (non-hydrogen) atoms. The number of hydrogen-bond donors (Lipinski definition) is 2. The van der Waals surface area contributed by atoms with Gasteiger partial charge in [0.2, 0.25) is 5.95 Å². The number of aromatic nitrogens is 2. The summed E-state index contributed by atoms with van der Waals surface area (Å²) < 4.78 is 0. The van der Waals surface area contributed by atoms with Crippen LogP contribution in [0.3, 0.4) is 0 Å². The largest absolute Gasteiger partial charge is 0.366 e. The molecule has 4 nitrogen and oxygen atoms in total. The van der Waals surface area contributed by atoms with Crippen LogP contribution in [0.25, 0.3) is 10.2 Å². The molecule has 1 unspecified atom stereocenters. The molecule has 0 aromatic carbocycles. The summed E-state index contributed by atoms with van der Waals surface area (Å²) in [6.45, 7) is 5.10. The number of nitrogens with zero attached hydrogens (tertiary/aromatic N) is 2. The molecule has 0 spiro atoms. The molecule has 1 aliphatic rings. The maximum absolute atomic E-state index is 4.67. The lowest BCUT2D eigenvalue weighted by atomic mass is 10.2. The van der Waals surface area contributed by atoms with Crippen LogP contribution in [-0.2, 0) is 6.42 Å². The highest BCUT2D eigenvalue weighted by Gasteiger charge is 2.18. The van der Waals surface area contributed by atoms with Gasteiger partial charge in [-0.25, -0.2) is 4.98 Å². The molecule has 6 heteroatoms. The van der Waals surface area contributed by atoms with Gasteiger partial charge >= 0.3 is 0 Å². The van der Waals surface area contributed by atoms with Crippen molar-refractivity contribution < 1.29 is 0 Å². The minimum Gasteiger partial charge on any atom is -0.366 e. The summed E-state index contributed by atoms with van der Waals surface area (Å²) in [6, 6.07) is 2.78. The third-order valence-electron chi connectivity index (χ3n) is 3.40. The number of rotatable bonds is 5. The van der Waals surface area contributed by atoms with Crippen molar-refractivity contribution in [3.05, 3.63) is 10.9 Å². The van der Waals surface area contributed by atoms with E-state index in [9.17, 15) is 0 Å². The normalized spacial score (nSPS) is 18.6. The van der Waals surface area contributed by atoms with Crippen LogP contribution in [0.1, 0.15) is 25.1 Å². The van der Waals surface area contributed by atoms with E-state index in [1.165, 1.54) is 28.2 Å². The maximum Gasteiger partial charge on any atom is 0.226 e. The molecule has 0 aliphatic carbocycles. The van der Waals surface area contributed by atoms with E-state index < -0.39 is 0 Å². The SMILES string of the molecule is CCNc1nc(NC2CCSC2)c2cc(CC)sc2n1. The Kier molecular flexibility index (Phi) is 4.31. The van der Waals surface area contributed by atoms with Gasteiger partial charge in [-0.3, -0.25) is 0 Å². The van der Waals surface area contributed by atoms with Crippen molar-refractivity contribution in [2.24, 2.45) is 0 Å². The summed E-state index contributed by atoms with van der Waals surface area (Å²) in [7, 11) is 0. The first-order valence-corrected chi connectivity index (χ1v) is 9.16. The molecule has 108 valence electrons. The number of fused-ring (bicyclic) bond motifs is 1. The topological polar surface area (TPSA) is 49.8 Å². The number of aryl methyl sites for hydroxylation is 1. The van der Waals surface area contributed by atoms with Crippen molar-refractivity contribution in [3.63, 3.8) is 0 Å². The third-order valence-corrected chi connectivity index (χ3v) is 5.73. The summed E-state index contributed by atoms with van der Waals surface area (Å²) >= 11 is 3.79. The van der Waals surface area contributed by atoms with E-state index in [0.29, 0.717) is 6.04 Å². The Bertz CT molecular complexity index is 590. The van der Waals surface area contributed by atoms with Crippen LogP contribution in [0, 0.1) is 0 Å². The van der Waals surface area contributed by atoms with Crippen molar-refractivity contribution in [1.29, 1.82) is 0 Å². The van der Waals surface area contributed by atoms with Crippen LogP contribution in [0.5, 0.6) is 0 Å². The molecule has 0 radical (unpaired) electrons. The Labute approximate surface area is 127 Å². The van der Waals surface area contributed by atoms with E-state index in [0.717, 1.165) is 29.6 Å². The summed E-state index contributed by atoms with van der Waals surface area (Å²) in [5.74, 6) is 4.15. The van der Waals surface area contributed by atoms with Gasteiger partial charge in [-0.2, -0.15) is 16.7 Å². The summed E-state index contributed by atoms with van der Waals surface area (Å²) in [5, 5.41) is 8.02. The molecular formula is C14H20N4S2. The standard InChI is InChI=1S/C14H20N4S2/c1-3-10-7-11-12(16-9-5-6-19-8-9)17-14(15-4-2)18-13(11)20-10/h7,9H,3-6,8H2,1-2H3,(H2,15,16,17,18). The predicted molar refractivity (Wildman–Crippen MR) is 90.3 cm³/mol. The number of thiophene rings is 1. The zero-order valence-corrected chi connectivity index (χ0v) is 13.5. The molecule has 0 saturated carbocycles. The predicted octanol–water partition coefficient (Wildman–Crippen LogP) is 3.60. The molecule has 2 N–H and O–H groups in total. The van der Waals surface area contributed by atoms with E-state index in [1.807, 2.05) is 11.8 Å². The van der Waals surface area contributed by atoms with Gasteiger partial charge < -0.3 is 10.6 Å². The first kappa shape index (κ1) is 13.9. The van der Waals surface area contributed by atoms with E-state index >= 15 is 0 Å². The fourth-order valence-electron chi connectivity index (χ4n) is 2.33. The van der Waals surface area contributed by atoms with Gasteiger partial charge in [0.25, 0.3) is 0 Å².